The molecule has 124 valence electrons. The molecule has 0 aromatic heterocycles. The van der Waals surface area contributed by atoms with Gasteiger partial charge >= 0.3 is 0 Å². The van der Waals surface area contributed by atoms with E-state index in [1.165, 1.54) is 37.0 Å². The Hall–Kier alpha value is -1.90. The summed E-state index contributed by atoms with van der Waals surface area (Å²) in [6.07, 6.45) is 12.2. The van der Waals surface area contributed by atoms with Crippen molar-refractivity contribution in [1.29, 1.82) is 0 Å². The van der Waals surface area contributed by atoms with Gasteiger partial charge in [0.15, 0.2) is 0 Å². The second-order valence-electron chi connectivity index (χ2n) is 6.13. The van der Waals surface area contributed by atoms with Crippen LogP contribution in [-0.4, -0.2) is 22.8 Å². The van der Waals surface area contributed by atoms with Crippen molar-refractivity contribution in [2.24, 2.45) is 0 Å². The molecule has 1 heterocycles. The van der Waals surface area contributed by atoms with Gasteiger partial charge < -0.3 is 0 Å². The van der Waals surface area contributed by atoms with Crippen LogP contribution in [0.5, 0.6) is 0 Å². The van der Waals surface area contributed by atoms with E-state index in [1.807, 2.05) is 13.0 Å². The molecule has 0 N–H and O–H groups in total. The smallest absolute Gasteiger partial charge is 0.262 e. The molecular formula is C20H27NO2. The summed E-state index contributed by atoms with van der Waals surface area (Å²) in [7, 11) is 0. The third-order valence-electron chi connectivity index (χ3n) is 4.41. The van der Waals surface area contributed by atoms with E-state index in [4.69, 9.17) is 0 Å². The molecule has 2 rings (SSSR count). The summed E-state index contributed by atoms with van der Waals surface area (Å²) in [4.78, 5) is 26.4. The number of rotatable bonds is 9. The molecule has 1 aromatic carbocycles. The number of fused-ring (bicyclic) bond motifs is 1. The molecule has 3 nitrogen and oxygen atoms in total. The van der Waals surface area contributed by atoms with Crippen LogP contribution in [0.2, 0.25) is 0 Å². The second-order valence-corrected chi connectivity index (χ2v) is 6.13. The first-order chi connectivity index (χ1) is 11.2. The van der Waals surface area contributed by atoms with Gasteiger partial charge in [-0.05, 0) is 31.4 Å². The van der Waals surface area contributed by atoms with Gasteiger partial charge in [0.25, 0.3) is 11.8 Å². The van der Waals surface area contributed by atoms with E-state index in [1.54, 1.807) is 24.3 Å². The zero-order chi connectivity index (χ0) is 16.7. The fourth-order valence-electron chi connectivity index (χ4n) is 3.03. The standard InChI is InChI=1S/C20H27NO2/c1-3-5-6-7-8-9-10-13-16(4-2)21-19(22)17-14-11-12-15-18(17)20(21)23/h10-16H,3-9H2,1-2H3/b13-10-/t16-/m0/s1. The van der Waals surface area contributed by atoms with E-state index < -0.39 is 0 Å². The lowest BCUT2D eigenvalue weighted by atomic mass is 10.1. The molecule has 1 aliphatic rings. The van der Waals surface area contributed by atoms with E-state index in [-0.39, 0.29) is 17.9 Å². The van der Waals surface area contributed by atoms with E-state index in [2.05, 4.69) is 13.0 Å². The van der Waals surface area contributed by atoms with Gasteiger partial charge in [-0.2, -0.15) is 0 Å². The number of amides is 2. The molecule has 0 bridgehead atoms. The molecule has 1 atom stereocenters. The Labute approximate surface area is 139 Å². The lowest BCUT2D eigenvalue weighted by molar-refractivity contribution is 0.0612. The van der Waals surface area contributed by atoms with Crippen LogP contribution < -0.4 is 0 Å². The van der Waals surface area contributed by atoms with Crippen molar-refractivity contribution in [2.45, 2.75) is 64.8 Å². The van der Waals surface area contributed by atoms with Crippen molar-refractivity contribution in [3.8, 4) is 0 Å². The van der Waals surface area contributed by atoms with Gasteiger partial charge in [-0.3, -0.25) is 14.5 Å². The zero-order valence-corrected chi connectivity index (χ0v) is 14.3. The highest BCUT2D eigenvalue weighted by Gasteiger charge is 2.38. The molecule has 0 spiro atoms. The molecule has 1 aromatic rings. The van der Waals surface area contributed by atoms with Gasteiger partial charge in [0.05, 0.1) is 17.2 Å². The lowest BCUT2D eigenvalue weighted by Crippen LogP contribution is -2.38. The average molecular weight is 313 g/mol. The number of imide groups is 1. The van der Waals surface area contributed by atoms with E-state index in [0.29, 0.717) is 11.1 Å². The van der Waals surface area contributed by atoms with Gasteiger partial charge in [0.1, 0.15) is 0 Å². The summed E-state index contributed by atoms with van der Waals surface area (Å²) in [5.41, 5.74) is 1.06. The minimum atomic E-state index is -0.162. The van der Waals surface area contributed by atoms with Crippen molar-refractivity contribution in [3.63, 3.8) is 0 Å². The number of hydrogen-bond donors (Lipinski definition) is 0. The molecular weight excluding hydrogens is 286 g/mol. The highest BCUT2D eigenvalue weighted by atomic mass is 16.2. The Balaban J connectivity index is 1.94. The van der Waals surface area contributed by atoms with E-state index in [0.717, 1.165) is 12.8 Å². The Morgan fingerprint density at radius 3 is 2.13 bits per heavy atom. The van der Waals surface area contributed by atoms with Crippen LogP contribution >= 0.6 is 0 Å². The van der Waals surface area contributed by atoms with Crippen molar-refractivity contribution >= 4 is 11.8 Å². The van der Waals surface area contributed by atoms with E-state index in [9.17, 15) is 9.59 Å². The SMILES string of the molecule is CCCCCCC/C=C\[C@H](CC)N1C(=O)c2ccccc2C1=O. The Morgan fingerprint density at radius 1 is 0.957 bits per heavy atom. The van der Waals surface area contributed by atoms with Crippen LogP contribution in [-0.2, 0) is 0 Å². The molecule has 0 unspecified atom stereocenters. The fraction of sp³-hybridized carbons (Fsp3) is 0.500. The number of nitrogens with zero attached hydrogens (tertiary/aromatic N) is 1. The highest BCUT2D eigenvalue weighted by Crippen LogP contribution is 2.26. The number of carbonyl (C=O) groups is 2. The van der Waals surface area contributed by atoms with Crippen LogP contribution in [0.4, 0.5) is 0 Å². The summed E-state index contributed by atoms with van der Waals surface area (Å²) < 4.78 is 0. The molecule has 1 aliphatic heterocycles. The topological polar surface area (TPSA) is 37.4 Å². The fourth-order valence-corrected chi connectivity index (χ4v) is 3.03. The number of hydrogen-bond acceptors (Lipinski definition) is 2. The first-order valence-electron chi connectivity index (χ1n) is 8.84. The maximum absolute atomic E-state index is 12.5. The molecule has 0 saturated heterocycles. The number of carbonyl (C=O) groups excluding carboxylic acids is 2. The highest BCUT2D eigenvalue weighted by molar-refractivity contribution is 6.21. The summed E-state index contributed by atoms with van der Waals surface area (Å²) in [6.45, 7) is 4.23. The quantitative estimate of drug-likeness (QED) is 0.366. The van der Waals surface area contributed by atoms with Gasteiger partial charge in [-0.25, -0.2) is 0 Å². The largest absolute Gasteiger partial charge is 0.269 e. The predicted octanol–water partition coefficient (Wildman–Crippen LogP) is 4.98. The van der Waals surface area contributed by atoms with Gasteiger partial charge in [0.2, 0.25) is 0 Å². The molecule has 0 fully saturated rings. The number of unbranched alkanes of at least 4 members (excludes halogenated alkanes) is 5. The summed E-state index contributed by atoms with van der Waals surface area (Å²) in [6, 6.07) is 6.94. The van der Waals surface area contributed by atoms with Gasteiger partial charge in [0, 0.05) is 0 Å². The van der Waals surface area contributed by atoms with Crippen molar-refractivity contribution in [1.82, 2.24) is 4.90 Å². The van der Waals surface area contributed by atoms with Gasteiger partial charge in [-0.15, -0.1) is 0 Å². The normalized spacial score (nSPS) is 15.5. The summed E-state index contributed by atoms with van der Waals surface area (Å²) in [5.74, 6) is -0.324. The number of allylic oxidation sites excluding steroid dienone is 1. The Morgan fingerprint density at radius 2 is 1.57 bits per heavy atom. The van der Waals surface area contributed by atoms with Crippen LogP contribution in [0.25, 0.3) is 0 Å². The summed E-state index contributed by atoms with van der Waals surface area (Å²) in [5, 5.41) is 0. The lowest BCUT2D eigenvalue weighted by Gasteiger charge is -2.22. The minimum Gasteiger partial charge on any atom is -0.269 e. The zero-order valence-electron chi connectivity index (χ0n) is 14.3. The van der Waals surface area contributed by atoms with Crippen LogP contribution in [0.15, 0.2) is 36.4 Å². The van der Waals surface area contributed by atoms with Crippen LogP contribution in [0, 0.1) is 0 Å². The third-order valence-corrected chi connectivity index (χ3v) is 4.41. The maximum Gasteiger partial charge on any atom is 0.262 e. The van der Waals surface area contributed by atoms with Gasteiger partial charge in [-0.1, -0.05) is 63.8 Å². The van der Waals surface area contributed by atoms with Crippen LogP contribution in [0.3, 0.4) is 0 Å². The first-order valence-corrected chi connectivity index (χ1v) is 8.84. The van der Waals surface area contributed by atoms with Crippen LogP contribution in [0.1, 0.15) is 79.5 Å². The van der Waals surface area contributed by atoms with Crippen molar-refractivity contribution < 1.29 is 9.59 Å². The van der Waals surface area contributed by atoms with E-state index >= 15 is 0 Å². The Bertz CT molecular complexity index is 542. The molecule has 23 heavy (non-hydrogen) atoms. The summed E-state index contributed by atoms with van der Waals surface area (Å²) >= 11 is 0. The number of benzene rings is 1. The third kappa shape index (κ3) is 4.10. The molecule has 0 saturated carbocycles. The van der Waals surface area contributed by atoms with Crippen molar-refractivity contribution in [3.05, 3.63) is 47.5 Å². The minimum absolute atomic E-state index is 0.141. The molecule has 2 amide bonds. The monoisotopic (exact) mass is 313 g/mol. The molecule has 0 radical (unpaired) electrons. The average Bonchev–Trinajstić information content (AvgIpc) is 2.83. The first kappa shape index (κ1) is 17.5. The second kappa shape index (κ2) is 8.66. The molecule has 3 heteroatoms. The Kier molecular flexibility index (Phi) is 6.57. The predicted molar refractivity (Wildman–Crippen MR) is 93.5 cm³/mol. The van der Waals surface area contributed by atoms with Crippen molar-refractivity contribution in [2.75, 3.05) is 0 Å². The molecule has 0 aliphatic carbocycles. The maximum atomic E-state index is 12.5.